The van der Waals surface area contributed by atoms with Crippen molar-refractivity contribution >= 4 is 21.8 Å². The van der Waals surface area contributed by atoms with Gasteiger partial charge in [-0.3, -0.25) is 0 Å². The summed E-state index contributed by atoms with van der Waals surface area (Å²) in [4.78, 5) is 2.09. The first-order chi connectivity index (χ1) is 8.56. The van der Waals surface area contributed by atoms with Gasteiger partial charge in [0.15, 0.2) is 5.84 Å². The fraction of sp³-hybridized carbons (Fsp3) is 0.417. The molecule has 3 N–H and O–H groups in total. The van der Waals surface area contributed by atoms with E-state index in [-0.39, 0.29) is 5.84 Å². The number of amidine groups is 1. The van der Waals surface area contributed by atoms with Crippen molar-refractivity contribution in [3.8, 4) is 5.75 Å². The fourth-order valence-electron chi connectivity index (χ4n) is 1.49. The first-order valence-electron chi connectivity index (χ1n) is 5.60. The highest BCUT2D eigenvalue weighted by Gasteiger charge is 2.12. The second-order valence-corrected chi connectivity index (χ2v) is 4.96. The normalized spacial score (nSPS) is 11.9. The van der Waals surface area contributed by atoms with Crippen molar-refractivity contribution in [1.82, 2.24) is 4.90 Å². The number of hydrogen-bond donors (Lipinski definition) is 2. The van der Waals surface area contributed by atoms with Gasteiger partial charge in [-0.2, -0.15) is 0 Å². The maximum absolute atomic E-state index is 8.76. The van der Waals surface area contributed by atoms with Crippen LogP contribution in [0.5, 0.6) is 5.75 Å². The molecule has 0 radical (unpaired) electrons. The summed E-state index contributed by atoms with van der Waals surface area (Å²) in [7, 11) is 4.03. The Labute approximate surface area is 115 Å². The molecule has 0 aliphatic carbocycles. The summed E-state index contributed by atoms with van der Waals surface area (Å²) in [5.41, 5.74) is 6.20. The number of rotatable bonds is 6. The van der Waals surface area contributed by atoms with E-state index in [0.29, 0.717) is 17.9 Å². The summed E-state index contributed by atoms with van der Waals surface area (Å²) in [6.07, 6.45) is 0.912. The van der Waals surface area contributed by atoms with Crippen molar-refractivity contribution in [1.29, 1.82) is 0 Å². The first kappa shape index (κ1) is 14.8. The molecule has 5 nitrogen and oxygen atoms in total. The zero-order chi connectivity index (χ0) is 13.5. The molecule has 1 aromatic carbocycles. The lowest BCUT2D eigenvalue weighted by Crippen LogP contribution is -2.18. The Balaban J connectivity index is 2.73. The number of nitrogens with zero attached hydrogens (tertiary/aromatic N) is 2. The van der Waals surface area contributed by atoms with E-state index in [1.165, 1.54) is 0 Å². The second-order valence-electron chi connectivity index (χ2n) is 4.10. The Kier molecular flexibility index (Phi) is 5.94. The van der Waals surface area contributed by atoms with Crippen LogP contribution < -0.4 is 10.5 Å². The van der Waals surface area contributed by atoms with Crippen molar-refractivity contribution in [3.63, 3.8) is 0 Å². The van der Waals surface area contributed by atoms with Gasteiger partial charge in [-0.15, -0.1) is 0 Å². The van der Waals surface area contributed by atoms with E-state index < -0.39 is 0 Å². The van der Waals surface area contributed by atoms with Gasteiger partial charge in [0.2, 0.25) is 0 Å². The summed E-state index contributed by atoms with van der Waals surface area (Å²) in [6, 6.07) is 5.47. The van der Waals surface area contributed by atoms with E-state index in [1.54, 1.807) is 6.07 Å². The average molecular weight is 316 g/mol. The number of benzene rings is 1. The molecule has 0 amide bonds. The highest BCUT2D eigenvalue weighted by atomic mass is 79.9. The van der Waals surface area contributed by atoms with Crippen molar-refractivity contribution in [2.24, 2.45) is 10.9 Å². The minimum Gasteiger partial charge on any atom is -0.493 e. The molecule has 0 heterocycles. The van der Waals surface area contributed by atoms with Crippen LogP contribution in [0, 0.1) is 0 Å². The molecule has 1 rings (SSSR count). The van der Waals surface area contributed by atoms with Crippen LogP contribution >= 0.6 is 15.9 Å². The van der Waals surface area contributed by atoms with Crippen LogP contribution in [0.2, 0.25) is 0 Å². The van der Waals surface area contributed by atoms with Crippen LogP contribution in [0.3, 0.4) is 0 Å². The lowest BCUT2D eigenvalue weighted by Gasteiger charge is -2.13. The van der Waals surface area contributed by atoms with Gasteiger partial charge in [0.25, 0.3) is 0 Å². The number of nitrogens with two attached hydrogens (primary N) is 1. The largest absolute Gasteiger partial charge is 0.493 e. The molecular weight excluding hydrogens is 298 g/mol. The van der Waals surface area contributed by atoms with Crippen molar-refractivity contribution in [2.75, 3.05) is 27.2 Å². The SMILES string of the molecule is CN(C)CCCOc1cccc(Br)c1/C(N)=N/O. The predicted molar refractivity (Wildman–Crippen MR) is 75.3 cm³/mol. The monoisotopic (exact) mass is 315 g/mol. The first-order valence-corrected chi connectivity index (χ1v) is 6.39. The zero-order valence-corrected chi connectivity index (χ0v) is 12.1. The fourth-order valence-corrected chi connectivity index (χ4v) is 2.04. The Morgan fingerprint density at radius 1 is 1.50 bits per heavy atom. The molecule has 1 aromatic rings. The molecule has 100 valence electrons. The highest BCUT2D eigenvalue weighted by molar-refractivity contribution is 9.10. The molecule has 0 aliphatic rings. The molecule has 18 heavy (non-hydrogen) atoms. The van der Waals surface area contributed by atoms with Gasteiger partial charge < -0.3 is 20.6 Å². The molecule has 6 heteroatoms. The van der Waals surface area contributed by atoms with Gasteiger partial charge in [0.1, 0.15) is 5.75 Å². The minimum absolute atomic E-state index is 0.0325. The number of halogens is 1. The third kappa shape index (κ3) is 4.19. The standard InChI is InChI=1S/C12H18BrN3O2/c1-16(2)7-4-8-18-10-6-3-5-9(13)11(10)12(14)15-17/h3,5-6,17H,4,7-8H2,1-2H3,(H2,14,15). The minimum atomic E-state index is 0.0325. The quantitative estimate of drug-likeness (QED) is 0.276. The van der Waals surface area contributed by atoms with Crippen LogP contribution in [0.15, 0.2) is 27.8 Å². The molecule has 0 saturated carbocycles. The molecule has 0 aromatic heterocycles. The van der Waals surface area contributed by atoms with Gasteiger partial charge in [-0.1, -0.05) is 11.2 Å². The van der Waals surface area contributed by atoms with Crippen LogP contribution in [-0.2, 0) is 0 Å². The van der Waals surface area contributed by atoms with Gasteiger partial charge in [-0.25, -0.2) is 0 Å². The molecule has 0 spiro atoms. The molecule has 0 atom stereocenters. The smallest absolute Gasteiger partial charge is 0.174 e. The molecular formula is C12H18BrN3O2. The van der Waals surface area contributed by atoms with Crippen molar-refractivity contribution in [3.05, 3.63) is 28.2 Å². The van der Waals surface area contributed by atoms with Crippen LogP contribution in [0.25, 0.3) is 0 Å². The summed E-state index contributed by atoms with van der Waals surface area (Å²) in [5.74, 6) is 0.642. The topological polar surface area (TPSA) is 71.1 Å². The highest BCUT2D eigenvalue weighted by Crippen LogP contribution is 2.26. The second kappa shape index (κ2) is 7.23. The van der Waals surface area contributed by atoms with Crippen molar-refractivity contribution < 1.29 is 9.94 Å². The summed E-state index contributed by atoms with van der Waals surface area (Å²) in [5, 5.41) is 11.8. The number of hydrogen-bond acceptors (Lipinski definition) is 4. The molecule has 0 fully saturated rings. The van der Waals surface area contributed by atoms with Gasteiger partial charge in [0.05, 0.1) is 12.2 Å². The maximum atomic E-state index is 8.76. The lowest BCUT2D eigenvalue weighted by molar-refractivity contribution is 0.280. The molecule has 0 bridgehead atoms. The Hall–Kier alpha value is -1.27. The summed E-state index contributed by atoms with van der Waals surface area (Å²) >= 11 is 3.36. The maximum Gasteiger partial charge on any atom is 0.174 e. The van der Waals surface area contributed by atoms with Gasteiger partial charge in [-0.05, 0) is 48.6 Å². The zero-order valence-electron chi connectivity index (χ0n) is 10.6. The molecule has 0 unspecified atom stereocenters. The van der Waals surface area contributed by atoms with E-state index in [4.69, 9.17) is 15.7 Å². The predicted octanol–water partition coefficient (Wildman–Crippen LogP) is 1.87. The van der Waals surface area contributed by atoms with E-state index in [2.05, 4.69) is 26.0 Å². The van der Waals surface area contributed by atoms with E-state index in [0.717, 1.165) is 17.4 Å². The van der Waals surface area contributed by atoms with E-state index >= 15 is 0 Å². The Bertz CT molecular complexity index is 422. The van der Waals surface area contributed by atoms with Crippen LogP contribution in [0.4, 0.5) is 0 Å². The third-order valence-electron chi connectivity index (χ3n) is 2.35. The van der Waals surface area contributed by atoms with E-state index in [9.17, 15) is 0 Å². The number of ether oxygens (including phenoxy) is 1. The molecule has 0 aliphatic heterocycles. The van der Waals surface area contributed by atoms with E-state index in [1.807, 2.05) is 26.2 Å². The molecule has 0 saturated heterocycles. The Morgan fingerprint density at radius 2 is 2.22 bits per heavy atom. The Morgan fingerprint density at radius 3 is 2.83 bits per heavy atom. The summed E-state index contributed by atoms with van der Waals surface area (Å²) in [6.45, 7) is 1.53. The number of oxime groups is 1. The van der Waals surface area contributed by atoms with Gasteiger partial charge >= 0.3 is 0 Å². The van der Waals surface area contributed by atoms with Crippen LogP contribution in [-0.4, -0.2) is 43.2 Å². The average Bonchev–Trinajstić information content (AvgIpc) is 2.33. The van der Waals surface area contributed by atoms with Crippen LogP contribution in [0.1, 0.15) is 12.0 Å². The third-order valence-corrected chi connectivity index (χ3v) is 3.01. The lowest BCUT2D eigenvalue weighted by atomic mass is 10.2. The van der Waals surface area contributed by atoms with Gasteiger partial charge in [0, 0.05) is 11.0 Å². The van der Waals surface area contributed by atoms with Crippen molar-refractivity contribution in [2.45, 2.75) is 6.42 Å². The summed E-state index contributed by atoms with van der Waals surface area (Å²) < 4.78 is 6.40.